The number of aliphatic carboxylic acids is 1. The molecule has 20 heavy (non-hydrogen) atoms. The second kappa shape index (κ2) is 6.05. The van der Waals surface area contributed by atoms with E-state index in [1.807, 2.05) is 0 Å². The Morgan fingerprint density at radius 2 is 2.00 bits per heavy atom. The highest BCUT2D eigenvalue weighted by molar-refractivity contribution is 5.79. The van der Waals surface area contributed by atoms with E-state index in [1.165, 1.54) is 0 Å². The van der Waals surface area contributed by atoms with Crippen molar-refractivity contribution < 1.29 is 28.6 Å². The van der Waals surface area contributed by atoms with Crippen LogP contribution in [0.15, 0.2) is 0 Å². The molecule has 0 unspecified atom stereocenters. The molecule has 0 radical (unpaired) electrons. The SMILES string of the molecule is C[C@@H]([C@@H]1COC2(CCCCC2)O1)[C@H](NC(=O)F)C(=O)O. The molecule has 2 fully saturated rings. The van der Waals surface area contributed by atoms with E-state index < -0.39 is 36.0 Å². The Morgan fingerprint density at radius 3 is 2.55 bits per heavy atom. The van der Waals surface area contributed by atoms with Crippen LogP contribution in [0.25, 0.3) is 0 Å². The molecular formula is C13H20FNO5. The number of rotatable bonds is 4. The van der Waals surface area contributed by atoms with Gasteiger partial charge in [0.05, 0.1) is 12.7 Å². The topological polar surface area (TPSA) is 84.9 Å². The fraction of sp³-hybridized carbons (Fsp3) is 0.846. The van der Waals surface area contributed by atoms with Gasteiger partial charge in [-0.05, 0) is 12.8 Å². The first-order chi connectivity index (χ1) is 9.43. The number of amides is 1. The van der Waals surface area contributed by atoms with Crippen LogP contribution in [0.5, 0.6) is 0 Å². The maximum atomic E-state index is 12.4. The summed E-state index contributed by atoms with van der Waals surface area (Å²) in [5.74, 6) is -2.47. The van der Waals surface area contributed by atoms with Gasteiger partial charge < -0.3 is 19.9 Å². The van der Waals surface area contributed by atoms with Gasteiger partial charge in [-0.3, -0.25) is 0 Å². The molecule has 1 saturated heterocycles. The lowest BCUT2D eigenvalue weighted by atomic mass is 9.93. The molecule has 0 aromatic heterocycles. The van der Waals surface area contributed by atoms with Gasteiger partial charge in [0.1, 0.15) is 6.04 Å². The summed E-state index contributed by atoms with van der Waals surface area (Å²) in [6, 6.07) is -1.32. The first kappa shape index (κ1) is 15.2. The fourth-order valence-corrected chi connectivity index (χ4v) is 2.94. The number of carboxylic acid groups (broad SMARTS) is 1. The summed E-state index contributed by atoms with van der Waals surface area (Å²) in [6.45, 7) is 1.89. The van der Waals surface area contributed by atoms with Gasteiger partial charge in [-0.1, -0.05) is 13.3 Å². The summed E-state index contributed by atoms with van der Waals surface area (Å²) in [6.07, 6.45) is 2.46. The second-order valence-electron chi connectivity index (χ2n) is 5.53. The maximum Gasteiger partial charge on any atom is 0.398 e. The van der Waals surface area contributed by atoms with Gasteiger partial charge in [0.25, 0.3) is 0 Å². The van der Waals surface area contributed by atoms with Gasteiger partial charge >= 0.3 is 12.1 Å². The number of carbonyl (C=O) groups excluding carboxylic acids is 1. The van der Waals surface area contributed by atoms with E-state index in [9.17, 15) is 14.0 Å². The molecule has 0 bridgehead atoms. The molecule has 1 amide bonds. The number of hydrogen-bond donors (Lipinski definition) is 2. The lowest BCUT2D eigenvalue weighted by Gasteiger charge is -2.33. The average molecular weight is 289 g/mol. The predicted octanol–water partition coefficient (Wildman–Crippen LogP) is 1.83. The van der Waals surface area contributed by atoms with Crippen molar-refractivity contribution >= 4 is 12.1 Å². The minimum atomic E-state index is -1.85. The second-order valence-corrected chi connectivity index (χ2v) is 5.53. The molecule has 2 rings (SSSR count). The zero-order chi connectivity index (χ0) is 14.8. The van der Waals surface area contributed by atoms with Crippen LogP contribution in [-0.4, -0.2) is 41.8 Å². The molecule has 1 aliphatic heterocycles. The van der Waals surface area contributed by atoms with Crippen molar-refractivity contribution in [3.05, 3.63) is 0 Å². The molecule has 2 N–H and O–H groups in total. The first-order valence-electron chi connectivity index (χ1n) is 6.94. The molecule has 114 valence electrons. The van der Waals surface area contributed by atoms with Crippen LogP contribution in [0.3, 0.4) is 0 Å². The number of carboxylic acids is 1. The molecule has 1 saturated carbocycles. The lowest BCUT2D eigenvalue weighted by Crippen LogP contribution is -2.48. The lowest BCUT2D eigenvalue weighted by molar-refractivity contribution is -0.192. The summed E-state index contributed by atoms with van der Waals surface area (Å²) in [5, 5.41) is 10.9. The van der Waals surface area contributed by atoms with Gasteiger partial charge in [-0.2, -0.15) is 0 Å². The molecule has 1 heterocycles. The normalized spacial score (nSPS) is 28.0. The summed E-state index contributed by atoms with van der Waals surface area (Å²) in [7, 11) is 0. The summed E-state index contributed by atoms with van der Waals surface area (Å²) in [4.78, 5) is 21.6. The standard InChI is InChI=1S/C13H20FNO5/c1-8(10(11(16)17)15-12(14)18)9-7-19-13(20-9)5-3-2-4-6-13/h8-10H,2-7H2,1H3,(H,15,18)(H,16,17)/t8-,9-,10-/m0/s1. The summed E-state index contributed by atoms with van der Waals surface area (Å²) in [5.41, 5.74) is 0. The number of ether oxygens (including phenoxy) is 2. The smallest absolute Gasteiger partial charge is 0.398 e. The Balaban J connectivity index is 2.00. The Morgan fingerprint density at radius 1 is 1.35 bits per heavy atom. The van der Waals surface area contributed by atoms with Gasteiger partial charge in [0, 0.05) is 18.8 Å². The van der Waals surface area contributed by atoms with Crippen molar-refractivity contribution in [1.29, 1.82) is 0 Å². The number of halogens is 1. The molecule has 1 aliphatic carbocycles. The predicted molar refractivity (Wildman–Crippen MR) is 66.9 cm³/mol. The summed E-state index contributed by atoms with van der Waals surface area (Å²) >= 11 is 0. The molecule has 1 spiro atoms. The van der Waals surface area contributed by atoms with E-state index in [0.29, 0.717) is 0 Å². The van der Waals surface area contributed by atoms with E-state index in [1.54, 1.807) is 12.2 Å². The zero-order valence-electron chi connectivity index (χ0n) is 11.4. The van der Waals surface area contributed by atoms with Crippen LogP contribution >= 0.6 is 0 Å². The van der Waals surface area contributed by atoms with Gasteiger partial charge in [0.2, 0.25) is 0 Å². The van der Waals surface area contributed by atoms with Gasteiger partial charge in [-0.25, -0.2) is 9.59 Å². The van der Waals surface area contributed by atoms with Crippen molar-refractivity contribution in [2.24, 2.45) is 5.92 Å². The number of carbonyl (C=O) groups is 2. The van der Waals surface area contributed by atoms with Crippen molar-refractivity contribution in [2.75, 3.05) is 6.61 Å². The van der Waals surface area contributed by atoms with E-state index in [-0.39, 0.29) is 6.61 Å². The monoisotopic (exact) mass is 289 g/mol. The Hall–Kier alpha value is -1.21. The number of nitrogens with one attached hydrogen (secondary N) is 1. The largest absolute Gasteiger partial charge is 0.480 e. The highest BCUT2D eigenvalue weighted by atomic mass is 19.1. The molecule has 7 heteroatoms. The first-order valence-corrected chi connectivity index (χ1v) is 6.94. The van der Waals surface area contributed by atoms with Crippen molar-refractivity contribution in [3.63, 3.8) is 0 Å². The van der Waals surface area contributed by atoms with E-state index in [0.717, 1.165) is 32.1 Å². The average Bonchev–Trinajstić information content (AvgIpc) is 2.79. The highest BCUT2D eigenvalue weighted by Gasteiger charge is 2.46. The van der Waals surface area contributed by atoms with Crippen molar-refractivity contribution in [2.45, 2.75) is 57.0 Å². The van der Waals surface area contributed by atoms with Crippen LogP contribution in [0, 0.1) is 5.92 Å². The molecule has 0 aromatic carbocycles. The quantitative estimate of drug-likeness (QED) is 0.609. The summed E-state index contributed by atoms with van der Waals surface area (Å²) < 4.78 is 24.1. The third-order valence-corrected chi connectivity index (χ3v) is 4.14. The van der Waals surface area contributed by atoms with Crippen molar-refractivity contribution in [3.8, 4) is 0 Å². The van der Waals surface area contributed by atoms with Crippen LogP contribution in [0.1, 0.15) is 39.0 Å². The molecule has 0 aromatic rings. The van der Waals surface area contributed by atoms with E-state index in [2.05, 4.69) is 0 Å². The minimum Gasteiger partial charge on any atom is -0.480 e. The third kappa shape index (κ3) is 3.27. The number of hydrogen-bond acceptors (Lipinski definition) is 4. The zero-order valence-corrected chi connectivity index (χ0v) is 11.4. The third-order valence-electron chi connectivity index (χ3n) is 4.14. The van der Waals surface area contributed by atoms with Gasteiger partial charge in [0.15, 0.2) is 5.79 Å². The molecule has 6 nitrogen and oxygen atoms in total. The van der Waals surface area contributed by atoms with Crippen LogP contribution in [-0.2, 0) is 14.3 Å². The van der Waals surface area contributed by atoms with E-state index >= 15 is 0 Å². The van der Waals surface area contributed by atoms with Gasteiger partial charge in [-0.15, -0.1) is 4.39 Å². The molecule has 3 atom stereocenters. The maximum absolute atomic E-state index is 12.4. The van der Waals surface area contributed by atoms with Crippen LogP contribution in [0.2, 0.25) is 0 Å². The van der Waals surface area contributed by atoms with Crippen molar-refractivity contribution in [1.82, 2.24) is 5.32 Å². The van der Waals surface area contributed by atoms with Crippen LogP contribution < -0.4 is 5.32 Å². The Labute approximate surface area is 116 Å². The molecule has 2 aliphatic rings. The Bertz CT molecular complexity index is 383. The minimum absolute atomic E-state index is 0.271. The molecular weight excluding hydrogens is 269 g/mol. The highest BCUT2D eigenvalue weighted by Crippen LogP contribution is 2.39. The van der Waals surface area contributed by atoms with Crippen LogP contribution in [0.4, 0.5) is 9.18 Å². The Kier molecular flexibility index (Phi) is 4.59. The van der Waals surface area contributed by atoms with E-state index in [4.69, 9.17) is 14.6 Å². The fourth-order valence-electron chi connectivity index (χ4n) is 2.94.